The van der Waals surface area contributed by atoms with Gasteiger partial charge in [0.15, 0.2) is 0 Å². The summed E-state index contributed by atoms with van der Waals surface area (Å²) in [7, 11) is 3.26. The van der Waals surface area contributed by atoms with Crippen LogP contribution in [0.25, 0.3) is 0 Å². The summed E-state index contributed by atoms with van der Waals surface area (Å²) in [5.41, 5.74) is 6.88. The maximum Gasteiger partial charge on any atom is 0.256 e. The summed E-state index contributed by atoms with van der Waals surface area (Å²) in [6.07, 6.45) is 1.02. The maximum absolute atomic E-state index is 12.6. The largest absolute Gasteiger partial charge is 0.497 e. The zero-order valence-corrected chi connectivity index (χ0v) is 12.3. The second kappa shape index (κ2) is 6.13. The Morgan fingerprint density at radius 2 is 2.15 bits per heavy atom. The first-order chi connectivity index (χ1) is 9.56. The lowest BCUT2D eigenvalue weighted by atomic mass is 9.95. The van der Waals surface area contributed by atoms with Gasteiger partial charge in [0, 0.05) is 25.9 Å². The molecule has 1 aromatic carbocycles. The highest BCUT2D eigenvalue weighted by Crippen LogP contribution is 2.25. The van der Waals surface area contributed by atoms with Gasteiger partial charge in [0.05, 0.1) is 18.8 Å². The van der Waals surface area contributed by atoms with Crippen molar-refractivity contribution in [2.45, 2.75) is 19.4 Å². The van der Waals surface area contributed by atoms with E-state index in [1.807, 2.05) is 0 Å². The van der Waals surface area contributed by atoms with Crippen molar-refractivity contribution < 1.29 is 14.3 Å². The van der Waals surface area contributed by atoms with Gasteiger partial charge in [-0.1, -0.05) is 6.92 Å². The van der Waals surface area contributed by atoms with Gasteiger partial charge < -0.3 is 20.1 Å². The molecule has 1 aliphatic heterocycles. The van der Waals surface area contributed by atoms with Crippen molar-refractivity contribution in [3.8, 4) is 5.75 Å². The summed E-state index contributed by atoms with van der Waals surface area (Å²) < 4.78 is 10.6. The number of likely N-dealkylation sites (tertiary alicyclic amines) is 1. The second-order valence-corrected chi connectivity index (χ2v) is 5.24. The van der Waals surface area contributed by atoms with Gasteiger partial charge in [-0.05, 0) is 30.5 Å². The van der Waals surface area contributed by atoms with Crippen LogP contribution in [0, 0.1) is 5.92 Å². The van der Waals surface area contributed by atoms with E-state index >= 15 is 0 Å². The molecule has 0 bridgehead atoms. The minimum Gasteiger partial charge on any atom is -0.497 e. The molecule has 0 spiro atoms. The number of hydrogen-bond acceptors (Lipinski definition) is 4. The zero-order valence-electron chi connectivity index (χ0n) is 12.3. The number of hydrogen-bond donors (Lipinski definition) is 1. The third-order valence-electron chi connectivity index (χ3n) is 3.97. The van der Waals surface area contributed by atoms with Crippen LogP contribution in [0.5, 0.6) is 5.75 Å². The molecule has 1 amide bonds. The highest BCUT2D eigenvalue weighted by molar-refractivity contribution is 5.99. The van der Waals surface area contributed by atoms with E-state index in [0.29, 0.717) is 29.5 Å². The van der Waals surface area contributed by atoms with Crippen LogP contribution in [0.15, 0.2) is 18.2 Å². The second-order valence-electron chi connectivity index (χ2n) is 5.24. The molecule has 5 nitrogen and oxygen atoms in total. The van der Waals surface area contributed by atoms with Crippen molar-refractivity contribution >= 4 is 11.6 Å². The summed E-state index contributed by atoms with van der Waals surface area (Å²) in [5, 5.41) is 0. The van der Waals surface area contributed by atoms with Gasteiger partial charge in [0.25, 0.3) is 5.91 Å². The van der Waals surface area contributed by atoms with E-state index in [1.54, 1.807) is 37.3 Å². The smallest absolute Gasteiger partial charge is 0.256 e. The fourth-order valence-electron chi connectivity index (χ4n) is 2.54. The van der Waals surface area contributed by atoms with Gasteiger partial charge in [0.1, 0.15) is 5.75 Å². The quantitative estimate of drug-likeness (QED) is 0.856. The highest BCUT2D eigenvalue weighted by Gasteiger charge is 2.30. The molecule has 0 aliphatic carbocycles. The molecular formula is C15H22N2O3. The fraction of sp³-hybridized carbons (Fsp3) is 0.533. The molecule has 2 atom stereocenters. The fourth-order valence-corrected chi connectivity index (χ4v) is 2.54. The number of rotatable bonds is 3. The van der Waals surface area contributed by atoms with E-state index in [1.165, 1.54) is 0 Å². The van der Waals surface area contributed by atoms with Crippen molar-refractivity contribution in [1.82, 2.24) is 4.90 Å². The number of carbonyl (C=O) groups is 1. The van der Waals surface area contributed by atoms with E-state index in [4.69, 9.17) is 15.2 Å². The van der Waals surface area contributed by atoms with Gasteiger partial charge in [-0.25, -0.2) is 0 Å². The molecule has 0 aromatic heterocycles. The van der Waals surface area contributed by atoms with Crippen molar-refractivity contribution in [3.63, 3.8) is 0 Å². The predicted octanol–water partition coefficient (Wildman–Crippen LogP) is 1.77. The molecule has 20 heavy (non-hydrogen) atoms. The summed E-state index contributed by atoms with van der Waals surface area (Å²) >= 11 is 0. The van der Waals surface area contributed by atoms with Crippen LogP contribution >= 0.6 is 0 Å². The van der Waals surface area contributed by atoms with Crippen LogP contribution in [0.2, 0.25) is 0 Å². The van der Waals surface area contributed by atoms with Gasteiger partial charge in [0.2, 0.25) is 0 Å². The molecule has 1 fully saturated rings. The lowest BCUT2D eigenvalue weighted by Crippen LogP contribution is -2.46. The van der Waals surface area contributed by atoms with Crippen molar-refractivity contribution in [1.29, 1.82) is 0 Å². The van der Waals surface area contributed by atoms with E-state index in [-0.39, 0.29) is 12.0 Å². The number of carbonyl (C=O) groups excluding carboxylic acids is 1. The SMILES string of the molecule is COc1ccc(N)c(C(=O)N2CCC(C)C(OC)C2)c1. The predicted molar refractivity (Wildman–Crippen MR) is 77.9 cm³/mol. The average Bonchev–Trinajstić information content (AvgIpc) is 2.47. The molecule has 0 radical (unpaired) electrons. The monoisotopic (exact) mass is 278 g/mol. The molecule has 2 N–H and O–H groups in total. The molecule has 1 heterocycles. The molecule has 0 saturated carbocycles. The van der Waals surface area contributed by atoms with Crippen LogP contribution in [-0.2, 0) is 4.74 Å². The van der Waals surface area contributed by atoms with Gasteiger partial charge in [-0.2, -0.15) is 0 Å². The van der Waals surface area contributed by atoms with Gasteiger partial charge >= 0.3 is 0 Å². The topological polar surface area (TPSA) is 64.8 Å². The van der Waals surface area contributed by atoms with Crippen LogP contribution in [0.3, 0.4) is 0 Å². The van der Waals surface area contributed by atoms with Crippen LogP contribution in [0.4, 0.5) is 5.69 Å². The van der Waals surface area contributed by atoms with Gasteiger partial charge in [-0.15, -0.1) is 0 Å². The first-order valence-electron chi connectivity index (χ1n) is 6.82. The summed E-state index contributed by atoms with van der Waals surface area (Å²) in [6.45, 7) is 3.49. The molecule has 2 unspecified atom stereocenters. The lowest BCUT2D eigenvalue weighted by molar-refractivity contribution is -0.00153. The Morgan fingerprint density at radius 1 is 1.40 bits per heavy atom. The minimum atomic E-state index is -0.0599. The number of ether oxygens (including phenoxy) is 2. The molecule has 5 heteroatoms. The number of anilines is 1. The van der Waals surface area contributed by atoms with Crippen molar-refractivity contribution in [2.24, 2.45) is 5.92 Å². The molecule has 110 valence electrons. The minimum absolute atomic E-state index is 0.0599. The summed E-state index contributed by atoms with van der Waals surface area (Å²) in [5.74, 6) is 1.04. The zero-order chi connectivity index (χ0) is 14.7. The molecular weight excluding hydrogens is 256 g/mol. The Labute approximate surface area is 119 Å². The maximum atomic E-state index is 12.6. The first kappa shape index (κ1) is 14.7. The number of methoxy groups -OCH3 is 2. The molecule has 1 aromatic rings. The number of nitrogens with zero attached hydrogens (tertiary/aromatic N) is 1. The molecule has 1 saturated heterocycles. The number of benzene rings is 1. The van der Waals surface area contributed by atoms with E-state index in [0.717, 1.165) is 13.0 Å². The third kappa shape index (κ3) is 2.88. The van der Waals surface area contributed by atoms with Crippen LogP contribution in [0.1, 0.15) is 23.7 Å². The Bertz CT molecular complexity index is 490. The first-order valence-corrected chi connectivity index (χ1v) is 6.82. The normalized spacial score (nSPS) is 22.6. The van der Waals surface area contributed by atoms with E-state index in [9.17, 15) is 4.79 Å². The Kier molecular flexibility index (Phi) is 4.49. The Morgan fingerprint density at radius 3 is 2.80 bits per heavy atom. The highest BCUT2D eigenvalue weighted by atomic mass is 16.5. The number of amides is 1. The van der Waals surface area contributed by atoms with Crippen molar-refractivity contribution in [2.75, 3.05) is 33.0 Å². The van der Waals surface area contributed by atoms with Gasteiger partial charge in [-0.3, -0.25) is 4.79 Å². The molecule has 2 rings (SSSR count). The van der Waals surface area contributed by atoms with Crippen LogP contribution < -0.4 is 10.5 Å². The van der Waals surface area contributed by atoms with Crippen LogP contribution in [-0.4, -0.2) is 44.2 Å². The molecule has 1 aliphatic rings. The number of piperidine rings is 1. The summed E-state index contributed by atoms with van der Waals surface area (Å²) in [4.78, 5) is 14.4. The standard InChI is InChI=1S/C15H22N2O3/c1-10-6-7-17(9-14(10)20-3)15(18)12-8-11(19-2)4-5-13(12)16/h4-5,8,10,14H,6-7,9,16H2,1-3H3. The average molecular weight is 278 g/mol. The number of nitrogens with two attached hydrogens (primary N) is 1. The Hall–Kier alpha value is -1.75. The van der Waals surface area contributed by atoms with Crippen molar-refractivity contribution in [3.05, 3.63) is 23.8 Å². The lowest BCUT2D eigenvalue weighted by Gasteiger charge is -2.36. The third-order valence-corrected chi connectivity index (χ3v) is 3.97. The number of nitrogen functional groups attached to an aromatic ring is 1. The summed E-state index contributed by atoms with van der Waals surface area (Å²) in [6, 6.07) is 5.15. The van der Waals surface area contributed by atoms with E-state index in [2.05, 4.69) is 6.92 Å². The van der Waals surface area contributed by atoms with E-state index < -0.39 is 0 Å². The Balaban J connectivity index is 2.19.